The zero-order valence-electron chi connectivity index (χ0n) is 17.2. The number of allylic oxidation sites excluding steroid dienone is 1. The van der Waals surface area contributed by atoms with Crippen LogP contribution in [-0.2, 0) is 12.8 Å². The summed E-state index contributed by atoms with van der Waals surface area (Å²) >= 11 is 4.08. The molecule has 0 spiro atoms. The number of hydrogen-bond donors (Lipinski definition) is 0. The van der Waals surface area contributed by atoms with Crippen molar-refractivity contribution in [2.45, 2.75) is 46.0 Å². The highest BCUT2D eigenvalue weighted by molar-refractivity contribution is 14.1. The lowest BCUT2D eigenvalue weighted by atomic mass is 10.0. The average Bonchev–Trinajstić information content (AvgIpc) is 3.28. The van der Waals surface area contributed by atoms with Crippen molar-refractivity contribution in [2.75, 3.05) is 6.61 Å². The molecule has 1 aliphatic rings. The molecule has 0 amide bonds. The number of halogens is 1. The fraction of sp³-hybridized carbons (Fsp3) is 0.320. The number of aryl methyl sites for hydroxylation is 4. The van der Waals surface area contributed by atoms with Crippen molar-refractivity contribution in [2.24, 2.45) is 0 Å². The van der Waals surface area contributed by atoms with Gasteiger partial charge in [0.15, 0.2) is 0 Å². The Bertz CT molecular complexity index is 1050. The molecule has 1 aliphatic carbocycles. The summed E-state index contributed by atoms with van der Waals surface area (Å²) in [5.74, 6) is 1.54. The summed E-state index contributed by atoms with van der Waals surface area (Å²) in [4.78, 5) is 6.18. The molecule has 3 aromatic rings. The van der Waals surface area contributed by atoms with Crippen LogP contribution in [0.15, 0.2) is 46.6 Å². The number of nitrogens with zero attached hydrogens (tertiary/aromatic N) is 1. The molecule has 1 aromatic heterocycles. The average molecular weight is 515 g/mol. The molecule has 29 heavy (non-hydrogen) atoms. The summed E-state index contributed by atoms with van der Waals surface area (Å²) in [6.07, 6.45) is 5.48. The molecule has 0 aliphatic heterocycles. The van der Waals surface area contributed by atoms with Crippen LogP contribution in [0.25, 0.3) is 10.6 Å². The summed E-state index contributed by atoms with van der Waals surface area (Å²) in [5, 5.41) is 1.10. The van der Waals surface area contributed by atoms with Crippen molar-refractivity contribution in [3.63, 3.8) is 0 Å². The summed E-state index contributed by atoms with van der Waals surface area (Å²) in [7, 11) is 0. The van der Waals surface area contributed by atoms with Crippen LogP contribution in [0.2, 0.25) is 0 Å². The molecule has 2 aromatic carbocycles. The van der Waals surface area contributed by atoms with Crippen LogP contribution in [-0.4, -0.2) is 11.6 Å². The van der Waals surface area contributed by atoms with Crippen molar-refractivity contribution in [3.8, 4) is 16.3 Å². The van der Waals surface area contributed by atoms with Crippen LogP contribution in [0, 0.1) is 20.8 Å². The fourth-order valence-corrected chi connectivity index (χ4v) is 5.39. The molecule has 150 valence electrons. The second-order valence-electron chi connectivity index (χ2n) is 7.74. The van der Waals surface area contributed by atoms with Crippen molar-refractivity contribution in [1.82, 2.24) is 4.98 Å². The third-order valence-corrected chi connectivity index (χ3v) is 7.28. The van der Waals surface area contributed by atoms with Crippen molar-refractivity contribution in [3.05, 3.63) is 79.4 Å². The molecule has 0 fully saturated rings. The minimum absolute atomic E-state index is 0.567. The van der Waals surface area contributed by atoms with Gasteiger partial charge in [0, 0.05) is 22.8 Å². The van der Waals surface area contributed by atoms with Gasteiger partial charge in [0.1, 0.15) is 10.8 Å². The smallest absolute Gasteiger partial charge is 0.123 e. The van der Waals surface area contributed by atoms with Crippen LogP contribution in [0.5, 0.6) is 5.75 Å². The molecule has 2 nitrogen and oxygen atoms in total. The molecule has 0 N–H and O–H groups in total. The third kappa shape index (κ3) is 4.58. The molecular weight excluding hydrogens is 489 g/mol. The maximum absolute atomic E-state index is 6.08. The van der Waals surface area contributed by atoms with E-state index >= 15 is 0 Å². The lowest BCUT2D eigenvalue weighted by Crippen LogP contribution is -2.03. The fourth-order valence-electron chi connectivity index (χ4n) is 3.93. The van der Waals surface area contributed by atoms with Crippen LogP contribution in [0.3, 0.4) is 0 Å². The summed E-state index contributed by atoms with van der Waals surface area (Å²) in [5.41, 5.74) is 7.89. The lowest BCUT2D eigenvalue weighted by Gasteiger charge is -2.09. The van der Waals surface area contributed by atoms with Gasteiger partial charge in [-0.2, -0.15) is 0 Å². The highest BCUT2D eigenvalue weighted by Gasteiger charge is 2.20. The Hall–Kier alpha value is -1.66. The second-order valence-corrected chi connectivity index (χ2v) is 9.67. The number of aromatic nitrogens is 1. The monoisotopic (exact) mass is 515 g/mol. The van der Waals surface area contributed by atoms with E-state index in [1.54, 1.807) is 11.3 Å². The Balaban J connectivity index is 1.40. The Labute approximate surface area is 191 Å². The van der Waals surface area contributed by atoms with E-state index in [1.807, 2.05) is 0 Å². The zero-order valence-corrected chi connectivity index (χ0v) is 20.1. The van der Waals surface area contributed by atoms with Crippen LogP contribution < -0.4 is 4.74 Å². The molecule has 0 saturated carbocycles. The SMILES string of the molecule is Cc1ccc(-c2nc(CCOc3ccc4c(c3)CCC4/C=C/I)c(C)s2)cc1C. The minimum atomic E-state index is 0.567. The van der Waals surface area contributed by atoms with Gasteiger partial charge in [0.2, 0.25) is 0 Å². The Morgan fingerprint density at radius 1 is 1.14 bits per heavy atom. The first-order chi connectivity index (χ1) is 14.0. The Kier molecular flexibility index (Phi) is 6.40. The number of benzene rings is 2. The molecule has 0 saturated heterocycles. The van der Waals surface area contributed by atoms with Gasteiger partial charge < -0.3 is 4.74 Å². The molecular formula is C25H26INOS. The summed E-state index contributed by atoms with van der Waals surface area (Å²) in [6, 6.07) is 13.2. The molecule has 4 rings (SSSR count). The van der Waals surface area contributed by atoms with E-state index in [0.717, 1.165) is 29.3 Å². The molecule has 4 heteroatoms. The van der Waals surface area contributed by atoms with E-state index in [4.69, 9.17) is 9.72 Å². The van der Waals surface area contributed by atoms with Crippen LogP contribution in [0.4, 0.5) is 0 Å². The first kappa shape index (κ1) is 20.6. The standard InChI is InChI=1S/C25H26INOS/c1-16-4-5-21(14-17(16)2)25-27-24(18(3)29-25)11-13-28-22-8-9-23-19(10-12-26)6-7-20(23)15-22/h4-5,8-10,12,14-15,19H,6-7,11,13H2,1-3H3/b12-10+. The summed E-state index contributed by atoms with van der Waals surface area (Å²) < 4.78 is 8.21. The number of thiazole rings is 1. The normalized spacial score (nSPS) is 15.8. The van der Waals surface area contributed by atoms with E-state index in [0.29, 0.717) is 12.5 Å². The van der Waals surface area contributed by atoms with Gasteiger partial charge >= 0.3 is 0 Å². The zero-order chi connectivity index (χ0) is 20.4. The molecule has 0 bridgehead atoms. The van der Waals surface area contributed by atoms with Crippen molar-refractivity contribution < 1.29 is 4.74 Å². The molecule has 0 radical (unpaired) electrons. The van der Waals surface area contributed by atoms with E-state index in [2.05, 4.69) is 89.9 Å². The third-order valence-electron chi connectivity index (χ3n) is 5.80. The number of ether oxygens (including phenoxy) is 1. The first-order valence-electron chi connectivity index (χ1n) is 10.1. The quantitative estimate of drug-likeness (QED) is 0.321. The largest absolute Gasteiger partial charge is 0.493 e. The van der Waals surface area contributed by atoms with Gasteiger partial charge in [-0.05, 0) is 78.1 Å². The minimum Gasteiger partial charge on any atom is -0.493 e. The molecule has 1 atom stereocenters. The van der Waals surface area contributed by atoms with Crippen LogP contribution >= 0.6 is 33.9 Å². The van der Waals surface area contributed by atoms with E-state index in [9.17, 15) is 0 Å². The predicted octanol–water partition coefficient (Wildman–Crippen LogP) is 7.34. The topological polar surface area (TPSA) is 22.1 Å². The number of hydrogen-bond acceptors (Lipinski definition) is 3. The van der Waals surface area contributed by atoms with Gasteiger partial charge in [-0.15, -0.1) is 11.3 Å². The number of fused-ring (bicyclic) bond motifs is 1. The Morgan fingerprint density at radius 3 is 2.79 bits per heavy atom. The maximum Gasteiger partial charge on any atom is 0.123 e. The highest BCUT2D eigenvalue weighted by Crippen LogP contribution is 2.36. The van der Waals surface area contributed by atoms with Gasteiger partial charge in [0.25, 0.3) is 0 Å². The van der Waals surface area contributed by atoms with Crippen molar-refractivity contribution in [1.29, 1.82) is 0 Å². The van der Waals surface area contributed by atoms with E-state index < -0.39 is 0 Å². The predicted molar refractivity (Wildman–Crippen MR) is 132 cm³/mol. The maximum atomic E-state index is 6.08. The van der Waals surface area contributed by atoms with Gasteiger partial charge in [0.05, 0.1) is 12.3 Å². The van der Waals surface area contributed by atoms with Gasteiger partial charge in [-0.1, -0.05) is 46.9 Å². The van der Waals surface area contributed by atoms with Gasteiger partial charge in [-0.3, -0.25) is 0 Å². The van der Waals surface area contributed by atoms with E-state index in [1.165, 1.54) is 39.1 Å². The van der Waals surface area contributed by atoms with E-state index in [-0.39, 0.29) is 0 Å². The van der Waals surface area contributed by atoms with Crippen LogP contribution in [0.1, 0.15) is 45.2 Å². The molecule has 1 unspecified atom stereocenters. The number of rotatable bonds is 6. The molecule has 1 heterocycles. The highest BCUT2D eigenvalue weighted by atomic mass is 127. The lowest BCUT2D eigenvalue weighted by molar-refractivity contribution is 0.320. The first-order valence-corrected chi connectivity index (χ1v) is 12.2. The Morgan fingerprint density at radius 2 is 2.00 bits per heavy atom. The second kappa shape index (κ2) is 9.00. The van der Waals surface area contributed by atoms with Gasteiger partial charge in [-0.25, -0.2) is 4.98 Å². The van der Waals surface area contributed by atoms with Crippen molar-refractivity contribution >= 4 is 33.9 Å². The summed E-state index contributed by atoms with van der Waals surface area (Å²) in [6.45, 7) is 7.12.